The fraction of sp³-hybridized carbons (Fsp3) is 0.750. The second kappa shape index (κ2) is 6.17. The number of rotatable bonds is 3. The van der Waals surface area contributed by atoms with Crippen LogP contribution >= 0.6 is 0 Å². The van der Waals surface area contributed by atoms with Crippen LogP contribution in [-0.2, 0) is 17.4 Å². The number of halogens is 3. The van der Waals surface area contributed by atoms with E-state index in [2.05, 4.69) is 5.10 Å². The van der Waals surface area contributed by atoms with Crippen molar-refractivity contribution >= 4 is 5.97 Å². The number of aromatic nitrogens is 2. The van der Waals surface area contributed by atoms with Gasteiger partial charge >= 0.3 is 12.1 Å². The Kier molecular flexibility index (Phi) is 4.38. The van der Waals surface area contributed by atoms with Crippen LogP contribution in [0.1, 0.15) is 80.3 Å². The summed E-state index contributed by atoms with van der Waals surface area (Å²) in [5, 5.41) is 13.0. The number of hydrogen-bond donors (Lipinski definition) is 1. The van der Waals surface area contributed by atoms with Gasteiger partial charge in [0.05, 0.1) is 12.5 Å². The van der Waals surface area contributed by atoms with E-state index < -0.39 is 23.8 Å². The molecule has 0 saturated heterocycles. The molecule has 1 fully saturated rings. The monoisotopic (exact) mass is 330 g/mol. The molecule has 7 heteroatoms. The molecule has 1 aromatic heterocycles. The fourth-order valence-electron chi connectivity index (χ4n) is 4.07. The normalized spacial score (nSPS) is 22.8. The Labute approximate surface area is 132 Å². The molecular formula is C16H21F3N2O2. The van der Waals surface area contributed by atoms with E-state index in [-0.39, 0.29) is 18.0 Å². The van der Waals surface area contributed by atoms with E-state index in [9.17, 15) is 18.0 Å². The molecule has 128 valence electrons. The second-order valence-corrected chi connectivity index (χ2v) is 6.63. The van der Waals surface area contributed by atoms with Crippen LogP contribution in [0, 0.1) is 0 Å². The van der Waals surface area contributed by atoms with E-state index in [0.717, 1.165) is 38.5 Å². The molecule has 3 rings (SSSR count). The average Bonchev–Trinajstić information content (AvgIpc) is 2.88. The third-order valence-corrected chi connectivity index (χ3v) is 5.03. The highest BCUT2D eigenvalue weighted by molar-refractivity contribution is 5.68. The zero-order chi connectivity index (χ0) is 16.6. The quantitative estimate of drug-likeness (QED) is 0.899. The summed E-state index contributed by atoms with van der Waals surface area (Å²) >= 11 is 0. The van der Waals surface area contributed by atoms with Crippen LogP contribution in [0.2, 0.25) is 0 Å². The molecule has 1 atom stereocenters. The molecule has 23 heavy (non-hydrogen) atoms. The molecule has 4 nitrogen and oxygen atoms in total. The summed E-state index contributed by atoms with van der Waals surface area (Å²) in [5.41, 5.74) is -0.0810. The number of hydrogen-bond acceptors (Lipinski definition) is 2. The molecule has 1 unspecified atom stereocenters. The summed E-state index contributed by atoms with van der Waals surface area (Å²) in [6.45, 7) is 0. The molecule has 0 bridgehead atoms. The summed E-state index contributed by atoms with van der Waals surface area (Å²) in [6, 6.07) is 0.0252. The van der Waals surface area contributed by atoms with Crippen molar-refractivity contribution in [2.45, 2.75) is 75.9 Å². The molecule has 0 aromatic carbocycles. The Bertz CT molecular complexity index is 589. The Morgan fingerprint density at radius 2 is 1.87 bits per heavy atom. The summed E-state index contributed by atoms with van der Waals surface area (Å²) in [4.78, 5) is 11.0. The van der Waals surface area contributed by atoms with Gasteiger partial charge in [-0.1, -0.05) is 19.3 Å². The van der Waals surface area contributed by atoms with Crippen molar-refractivity contribution in [3.63, 3.8) is 0 Å². The highest BCUT2D eigenvalue weighted by Crippen LogP contribution is 2.44. The first-order valence-corrected chi connectivity index (χ1v) is 8.28. The molecule has 1 aromatic rings. The first-order valence-electron chi connectivity index (χ1n) is 8.28. The number of alkyl halides is 3. The highest BCUT2D eigenvalue weighted by atomic mass is 19.4. The van der Waals surface area contributed by atoms with Crippen LogP contribution in [0.15, 0.2) is 0 Å². The van der Waals surface area contributed by atoms with Crippen LogP contribution < -0.4 is 0 Å². The van der Waals surface area contributed by atoms with Gasteiger partial charge in [-0.25, -0.2) is 0 Å². The minimum absolute atomic E-state index is 0.0252. The number of nitrogens with zero attached hydrogens (tertiary/aromatic N) is 2. The van der Waals surface area contributed by atoms with Crippen molar-refractivity contribution in [1.82, 2.24) is 9.78 Å². The summed E-state index contributed by atoms with van der Waals surface area (Å²) in [6.07, 6.45) is 1.84. The first kappa shape index (κ1) is 16.3. The lowest BCUT2D eigenvalue weighted by molar-refractivity contribution is -0.143. The first-order chi connectivity index (χ1) is 10.9. The van der Waals surface area contributed by atoms with Crippen LogP contribution in [0.5, 0.6) is 0 Å². The van der Waals surface area contributed by atoms with Crippen LogP contribution in [-0.4, -0.2) is 20.9 Å². The van der Waals surface area contributed by atoms with Crippen LogP contribution in [0.3, 0.4) is 0 Å². The zero-order valence-electron chi connectivity index (χ0n) is 12.9. The molecule has 2 aliphatic carbocycles. The molecule has 2 aliphatic rings. The van der Waals surface area contributed by atoms with E-state index in [1.807, 2.05) is 0 Å². The smallest absolute Gasteiger partial charge is 0.435 e. The van der Waals surface area contributed by atoms with E-state index in [1.165, 1.54) is 0 Å². The van der Waals surface area contributed by atoms with Gasteiger partial charge in [0.2, 0.25) is 0 Å². The number of aliphatic carboxylic acids is 1. The van der Waals surface area contributed by atoms with Gasteiger partial charge in [-0.05, 0) is 38.0 Å². The molecule has 1 N–H and O–H groups in total. The van der Waals surface area contributed by atoms with Gasteiger partial charge in [0.25, 0.3) is 0 Å². The maximum absolute atomic E-state index is 13.4. The molecule has 0 spiro atoms. The molecule has 0 aliphatic heterocycles. The topological polar surface area (TPSA) is 55.1 Å². The Balaban J connectivity index is 2.06. The van der Waals surface area contributed by atoms with Gasteiger partial charge in [0.15, 0.2) is 5.69 Å². The second-order valence-electron chi connectivity index (χ2n) is 6.63. The lowest BCUT2D eigenvalue weighted by atomic mass is 9.82. The lowest BCUT2D eigenvalue weighted by Crippen LogP contribution is -2.20. The number of carboxylic acid groups (broad SMARTS) is 1. The van der Waals surface area contributed by atoms with Gasteiger partial charge < -0.3 is 5.11 Å². The van der Waals surface area contributed by atoms with Gasteiger partial charge in [0.1, 0.15) is 0 Å². The predicted octanol–water partition coefficient (Wildman–Crippen LogP) is 4.30. The molecule has 1 heterocycles. The maximum Gasteiger partial charge on any atom is 0.435 e. The fourth-order valence-corrected chi connectivity index (χ4v) is 4.07. The predicted molar refractivity (Wildman–Crippen MR) is 77.3 cm³/mol. The van der Waals surface area contributed by atoms with E-state index >= 15 is 0 Å². The minimum Gasteiger partial charge on any atom is -0.481 e. The SMILES string of the molecule is O=C(O)CC1CCCc2c1c(C(F)(F)F)nn2C1CCCCC1. The van der Waals surface area contributed by atoms with Crippen molar-refractivity contribution in [3.8, 4) is 0 Å². The largest absolute Gasteiger partial charge is 0.481 e. The number of carboxylic acids is 1. The number of carbonyl (C=O) groups is 1. The molecule has 0 amide bonds. The number of fused-ring (bicyclic) bond motifs is 1. The average molecular weight is 330 g/mol. The summed E-state index contributed by atoms with van der Waals surface area (Å²) in [7, 11) is 0. The molecule has 1 saturated carbocycles. The maximum atomic E-state index is 13.4. The van der Waals surface area contributed by atoms with Crippen molar-refractivity contribution in [2.24, 2.45) is 0 Å². The third kappa shape index (κ3) is 3.23. The van der Waals surface area contributed by atoms with E-state index in [0.29, 0.717) is 18.5 Å². The van der Waals surface area contributed by atoms with Gasteiger partial charge in [-0.2, -0.15) is 18.3 Å². The highest BCUT2D eigenvalue weighted by Gasteiger charge is 2.43. The van der Waals surface area contributed by atoms with E-state index in [1.54, 1.807) is 4.68 Å². The van der Waals surface area contributed by atoms with Crippen molar-refractivity contribution in [3.05, 3.63) is 17.0 Å². The Morgan fingerprint density at radius 1 is 1.17 bits per heavy atom. The van der Waals surface area contributed by atoms with E-state index in [4.69, 9.17) is 5.11 Å². The Hall–Kier alpha value is -1.53. The van der Waals surface area contributed by atoms with Gasteiger partial charge in [-0.15, -0.1) is 0 Å². The third-order valence-electron chi connectivity index (χ3n) is 5.03. The molecule has 0 radical (unpaired) electrons. The standard InChI is InChI=1S/C16H21F3N2O2/c17-16(18,19)15-14-10(9-13(22)23)5-4-8-12(14)21(20-15)11-6-2-1-3-7-11/h10-11H,1-9H2,(H,22,23). The minimum atomic E-state index is -4.53. The lowest BCUT2D eigenvalue weighted by Gasteiger charge is -2.27. The van der Waals surface area contributed by atoms with Crippen molar-refractivity contribution in [2.75, 3.05) is 0 Å². The van der Waals surface area contributed by atoms with Gasteiger partial charge in [-0.3, -0.25) is 9.48 Å². The summed E-state index contributed by atoms with van der Waals surface area (Å²) in [5.74, 6) is -1.63. The van der Waals surface area contributed by atoms with Crippen LogP contribution in [0.25, 0.3) is 0 Å². The zero-order valence-corrected chi connectivity index (χ0v) is 12.9. The van der Waals surface area contributed by atoms with Gasteiger partial charge in [0, 0.05) is 11.3 Å². The molecular weight excluding hydrogens is 309 g/mol. The van der Waals surface area contributed by atoms with Crippen LogP contribution in [0.4, 0.5) is 13.2 Å². The van der Waals surface area contributed by atoms with Crippen molar-refractivity contribution in [1.29, 1.82) is 0 Å². The summed E-state index contributed by atoms with van der Waals surface area (Å²) < 4.78 is 41.9. The Morgan fingerprint density at radius 3 is 2.48 bits per heavy atom. The van der Waals surface area contributed by atoms with Crippen molar-refractivity contribution < 1.29 is 23.1 Å².